The number of morpholine rings is 1. The van der Waals surface area contributed by atoms with Crippen molar-refractivity contribution in [2.45, 2.75) is 4.90 Å². The molecule has 0 saturated carbocycles. The SMILES string of the molecule is O=[N+]([O-])c1ccccc1C=NNc1ccc(S(=O)(=O)N2CCOCC2)cc1[N+](=O)[O-]. The lowest BCUT2D eigenvalue weighted by molar-refractivity contribution is -0.385. The molecule has 1 saturated heterocycles. The van der Waals surface area contributed by atoms with Gasteiger partial charge in [0.2, 0.25) is 10.0 Å². The number of nitrogens with one attached hydrogen (secondary N) is 1. The second kappa shape index (κ2) is 8.94. The molecule has 0 aliphatic carbocycles. The molecular weight excluding hydrogens is 418 g/mol. The number of para-hydroxylation sites is 1. The maximum Gasteiger partial charge on any atom is 0.295 e. The molecule has 0 radical (unpaired) electrons. The molecule has 0 aromatic heterocycles. The number of rotatable bonds is 7. The van der Waals surface area contributed by atoms with Gasteiger partial charge in [-0.05, 0) is 18.2 Å². The summed E-state index contributed by atoms with van der Waals surface area (Å²) in [7, 11) is -3.91. The average molecular weight is 435 g/mol. The normalized spacial score (nSPS) is 15.2. The molecule has 0 atom stereocenters. The summed E-state index contributed by atoms with van der Waals surface area (Å²) in [6.07, 6.45) is 1.15. The van der Waals surface area contributed by atoms with Crippen molar-refractivity contribution in [3.63, 3.8) is 0 Å². The molecule has 0 amide bonds. The van der Waals surface area contributed by atoms with Gasteiger partial charge in [-0.2, -0.15) is 9.41 Å². The van der Waals surface area contributed by atoms with Crippen LogP contribution >= 0.6 is 0 Å². The number of hydrazone groups is 1. The molecule has 1 heterocycles. The zero-order valence-electron chi connectivity index (χ0n) is 15.5. The van der Waals surface area contributed by atoms with Crippen molar-refractivity contribution in [1.82, 2.24) is 4.31 Å². The molecular formula is C17H17N5O7S. The summed E-state index contributed by atoms with van der Waals surface area (Å²) in [5, 5.41) is 26.3. The van der Waals surface area contributed by atoms with E-state index in [4.69, 9.17) is 4.74 Å². The largest absolute Gasteiger partial charge is 0.379 e. The Labute approximate surface area is 171 Å². The number of anilines is 1. The summed E-state index contributed by atoms with van der Waals surface area (Å²) >= 11 is 0. The highest BCUT2D eigenvalue weighted by atomic mass is 32.2. The van der Waals surface area contributed by atoms with Crippen LogP contribution < -0.4 is 5.43 Å². The molecule has 3 rings (SSSR count). The van der Waals surface area contributed by atoms with Crippen molar-refractivity contribution in [3.05, 3.63) is 68.3 Å². The average Bonchev–Trinajstić information content (AvgIpc) is 2.74. The number of hydrogen-bond donors (Lipinski definition) is 1. The molecule has 2 aromatic rings. The van der Waals surface area contributed by atoms with Crippen LogP contribution in [0.5, 0.6) is 0 Å². The Balaban J connectivity index is 1.86. The topological polar surface area (TPSA) is 157 Å². The Bertz CT molecular complexity index is 1100. The van der Waals surface area contributed by atoms with Crippen molar-refractivity contribution in [3.8, 4) is 0 Å². The summed E-state index contributed by atoms with van der Waals surface area (Å²) in [4.78, 5) is 20.9. The van der Waals surface area contributed by atoms with Crippen LogP contribution in [-0.4, -0.2) is 55.1 Å². The van der Waals surface area contributed by atoms with Crippen LogP contribution in [0.4, 0.5) is 17.1 Å². The molecule has 1 fully saturated rings. The Morgan fingerprint density at radius 3 is 2.37 bits per heavy atom. The minimum Gasteiger partial charge on any atom is -0.379 e. The van der Waals surface area contributed by atoms with Crippen molar-refractivity contribution in [1.29, 1.82) is 0 Å². The minimum absolute atomic E-state index is 0.0595. The fourth-order valence-corrected chi connectivity index (χ4v) is 4.22. The molecule has 1 N–H and O–H groups in total. The van der Waals surface area contributed by atoms with Crippen LogP contribution in [0.1, 0.15) is 5.56 Å². The van der Waals surface area contributed by atoms with Gasteiger partial charge in [0.1, 0.15) is 5.69 Å². The van der Waals surface area contributed by atoms with Crippen molar-refractivity contribution in [2.75, 3.05) is 31.7 Å². The maximum atomic E-state index is 12.7. The van der Waals surface area contributed by atoms with E-state index in [0.717, 1.165) is 12.3 Å². The second-order valence-electron chi connectivity index (χ2n) is 6.14. The molecule has 0 spiro atoms. The van der Waals surface area contributed by atoms with Crippen molar-refractivity contribution < 1.29 is 23.0 Å². The zero-order valence-corrected chi connectivity index (χ0v) is 16.3. The summed E-state index contributed by atoms with van der Waals surface area (Å²) in [6.45, 7) is 0.829. The lowest BCUT2D eigenvalue weighted by atomic mass is 10.2. The van der Waals surface area contributed by atoms with Crippen LogP contribution in [0.2, 0.25) is 0 Å². The van der Waals surface area contributed by atoms with Crippen LogP contribution in [-0.2, 0) is 14.8 Å². The highest BCUT2D eigenvalue weighted by Crippen LogP contribution is 2.29. The molecule has 0 unspecified atom stereocenters. The fraction of sp³-hybridized carbons (Fsp3) is 0.235. The smallest absolute Gasteiger partial charge is 0.295 e. The van der Waals surface area contributed by atoms with E-state index >= 15 is 0 Å². The van der Waals surface area contributed by atoms with Gasteiger partial charge in [0.15, 0.2) is 0 Å². The Hall–Kier alpha value is -3.42. The van der Waals surface area contributed by atoms with Gasteiger partial charge in [0.25, 0.3) is 11.4 Å². The summed E-state index contributed by atoms with van der Waals surface area (Å²) in [5.74, 6) is 0. The van der Waals surface area contributed by atoms with Crippen LogP contribution in [0, 0.1) is 20.2 Å². The first kappa shape index (κ1) is 21.3. The fourth-order valence-electron chi connectivity index (χ4n) is 2.79. The Morgan fingerprint density at radius 1 is 1.03 bits per heavy atom. The van der Waals surface area contributed by atoms with Crippen LogP contribution in [0.15, 0.2) is 52.5 Å². The Kier molecular flexibility index (Phi) is 6.34. The molecule has 13 heteroatoms. The molecule has 2 aromatic carbocycles. The number of nitro groups is 2. The predicted octanol–water partition coefficient (Wildman–Crippen LogP) is 1.97. The summed E-state index contributed by atoms with van der Waals surface area (Å²) in [6, 6.07) is 9.27. The van der Waals surface area contributed by atoms with Gasteiger partial charge in [0.05, 0.1) is 39.7 Å². The van der Waals surface area contributed by atoms with E-state index in [0.29, 0.717) is 0 Å². The van der Waals surface area contributed by atoms with E-state index in [-0.39, 0.29) is 48.1 Å². The number of benzene rings is 2. The number of nitrogens with zero attached hydrogens (tertiary/aromatic N) is 4. The first-order valence-corrected chi connectivity index (χ1v) is 10.1. The lowest BCUT2D eigenvalue weighted by Gasteiger charge is -2.26. The van der Waals surface area contributed by atoms with E-state index in [1.165, 1.54) is 34.6 Å². The third-order valence-electron chi connectivity index (χ3n) is 4.30. The Morgan fingerprint density at radius 2 is 1.70 bits per heavy atom. The highest BCUT2D eigenvalue weighted by molar-refractivity contribution is 7.89. The zero-order chi connectivity index (χ0) is 21.7. The first-order valence-electron chi connectivity index (χ1n) is 8.69. The quantitative estimate of drug-likeness (QED) is 0.393. The van der Waals surface area contributed by atoms with E-state index in [2.05, 4.69) is 10.5 Å². The van der Waals surface area contributed by atoms with Gasteiger partial charge in [0, 0.05) is 25.2 Å². The van der Waals surface area contributed by atoms with Gasteiger partial charge in [-0.1, -0.05) is 12.1 Å². The maximum absolute atomic E-state index is 12.7. The monoisotopic (exact) mass is 435 g/mol. The molecule has 30 heavy (non-hydrogen) atoms. The van der Waals surface area contributed by atoms with Gasteiger partial charge >= 0.3 is 0 Å². The van der Waals surface area contributed by atoms with Gasteiger partial charge in [-0.3, -0.25) is 25.7 Å². The molecule has 1 aliphatic heterocycles. The molecule has 158 valence electrons. The van der Waals surface area contributed by atoms with E-state index in [1.54, 1.807) is 6.07 Å². The highest BCUT2D eigenvalue weighted by Gasteiger charge is 2.28. The van der Waals surface area contributed by atoms with Gasteiger partial charge in [-0.15, -0.1) is 0 Å². The first-order chi connectivity index (χ1) is 14.3. The van der Waals surface area contributed by atoms with Crippen LogP contribution in [0.25, 0.3) is 0 Å². The number of sulfonamides is 1. The third kappa shape index (κ3) is 4.59. The second-order valence-corrected chi connectivity index (χ2v) is 8.08. The van der Waals surface area contributed by atoms with Gasteiger partial charge in [-0.25, -0.2) is 8.42 Å². The standard InChI is InChI=1S/C17H17N5O7S/c23-21(24)16-4-2-1-3-13(16)12-18-19-15-6-5-14(11-17(15)22(25)26)30(27,28)20-7-9-29-10-8-20/h1-6,11-12,19H,7-10H2. The molecule has 0 bridgehead atoms. The molecule has 12 nitrogen and oxygen atoms in total. The third-order valence-corrected chi connectivity index (χ3v) is 6.19. The van der Waals surface area contributed by atoms with Gasteiger partial charge < -0.3 is 4.74 Å². The van der Waals surface area contributed by atoms with Crippen LogP contribution in [0.3, 0.4) is 0 Å². The number of nitro benzene ring substituents is 2. The molecule has 1 aliphatic rings. The van der Waals surface area contributed by atoms with Crippen molar-refractivity contribution >= 4 is 33.3 Å². The summed E-state index contributed by atoms with van der Waals surface area (Å²) < 4.78 is 31.8. The number of ether oxygens (including phenoxy) is 1. The predicted molar refractivity (Wildman–Crippen MR) is 107 cm³/mol. The minimum atomic E-state index is -3.91. The van der Waals surface area contributed by atoms with E-state index in [9.17, 15) is 28.6 Å². The summed E-state index contributed by atoms with van der Waals surface area (Å²) in [5.41, 5.74) is 1.91. The lowest BCUT2D eigenvalue weighted by Crippen LogP contribution is -2.40. The van der Waals surface area contributed by atoms with E-state index in [1.807, 2.05) is 0 Å². The number of hydrogen-bond acceptors (Lipinski definition) is 9. The van der Waals surface area contributed by atoms with Crippen molar-refractivity contribution in [2.24, 2.45) is 5.10 Å². The van der Waals surface area contributed by atoms with E-state index < -0.39 is 25.6 Å².